The molecule has 0 fully saturated rings. The molecule has 0 N–H and O–H groups in total. The number of rotatable bonds is 2. The molecule has 4 heteroatoms. The van der Waals surface area contributed by atoms with Gasteiger partial charge in [0.2, 0.25) is 0 Å². The summed E-state index contributed by atoms with van der Waals surface area (Å²) in [6, 6.07) is 8.50. The Hall–Kier alpha value is -0.800. The summed E-state index contributed by atoms with van der Waals surface area (Å²) < 4.78 is 3.08. The first-order chi connectivity index (χ1) is 9.08. The lowest BCUT2D eigenvalue weighted by Crippen LogP contribution is -2.10. The van der Waals surface area contributed by atoms with Gasteiger partial charge in [0.05, 0.1) is 21.2 Å². The number of fused-ring (bicyclic) bond motifs is 1. The number of alkyl halides is 1. The summed E-state index contributed by atoms with van der Waals surface area (Å²) in [6.45, 7) is 2.02. The van der Waals surface area contributed by atoms with Crippen LogP contribution in [0.4, 0.5) is 0 Å². The highest BCUT2D eigenvalue weighted by atomic mass is 79.9. The van der Waals surface area contributed by atoms with Gasteiger partial charge < -0.3 is 0 Å². The average molecular weight is 340 g/mol. The summed E-state index contributed by atoms with van der Waals surface area (Å²) in [4.78, 5) is 0. The maximum atomic E-state index is 6.63. The molecule has 2 nitrogen and oxygen atoms in total. The molecule has 1 aromatic carbocycles. The maximum Gasteiger partial charge on any atom is 0.0738 e. The second kappa shape index (κ2) is 4.95. The Morgan fingerprint density at radius 2 is 2.16 bits per heavy atom. The summed E-state index contributed by atoms with van der Waals surface area (Å²) in [5, 5.41) is 4.56. The number of aryl methyl sites for hydroxylation is 2. The van der Waals surface area contributed by atoms with Gasteiger partial charge in [-0.05, 0) is 52.7 Å². The summed E-state index contributed by atoms with van der Waals surface area (Å²) in [5.74, 6) is 0.449. The normalized spacial score (nSPS) is 21.7. The van der Waals surface area contributed by atoms with Crippen LogP contribution in [-0.4, -0.2) is 9.78 Å². The fraction of sp³-hybridized carbons (Fsp3) is 0.400. The van der Waals surface area contributed by atoms with Crippen molar-refractivity contribution in [1.29, 1.82) is 0 Å². The van der Waals surface area contributed by atoms with E-state index in [1.165, 1.54) is 16.8 Å². The smallest absolute Gasteiger partial charge is 0.0738 e. The van der Waals surface area contributed by atoms with Gasteiger partial charge in [0.25, 0.3) is 0 Å². The summed E-state index contributed by atoms with van der Waals surface area (Å²) in [6.07, 6.45) is 2.02. The number of hydrogen-bond acceptors (Lipinski definition) is 1. The van der Waals surface area contributed by atoms with Gasteiger partial charge in [-0.1, -0.05) is 24.3 Å². The van der Waals surface area contributed by atoms with Gasteiger partial charge >= 0.3 is 0 Å². The third kappa shape index (κ3) is 2.23. The van der Waals surface area contributed by atoms with Gasteiger partial charge in [-0.15, -0.1) is 11.6 Å². The van der Waals surface area contributed by atoms with Gasteiger partial charge in [0.1, 0.15) is 0 Å². The molecule has 2 aromatic rings. The summed E-state index contributed by atoms with van der Waals surface area (Å²) >= 11 is 10.3. The molecule has 0 bridgehead atoms. The molecule has 1 aliphatic carbocycles. The average Bonchev–Trinajstić information content (AvgIpc) is 2.83. The third-order valence-corrected chi connectivity index (χ3v) is 5.59. The van der Waals surface area contributed by atoms with Crippen molar-refractivity contribution in [1.82, 2.24) is 9.78 Å². The fourth-order valence-corrected chi connectivity index (χ4v) is 3.84. The topological polar surface area (TPSA) is 17.8 Å². The number of halogens is 2. The van der Waals surface area contributed by atoms with Crippen molar-refractivity contribution in [2.45, 2.75) is 25.1 Å². The summed E-state index contributed by atoms with van der Waals surface area (Å²) in [5.41, 5.74) is 4.96. The Morgan fingerprint density at radius 3 is 2.79 bits per heavy atom. The highest BCUT2D eigenvalue weighted by molar-refractivity contribution is 9.10. The first-order valence-corrected chi connectivity index (χ1v) is 7.70. The summed E-state index contributed by atoms with van der Waals surface area (Å²) in [7, 11) is 2.00. The van der Waals surface area contributed by atoms with E-state index in [1.807, 2.05) is 18.7 Å². The molecule has 2 atom stereocenters. The number of aromatic nitrogens is 2. The molecule has 0 saturated carbocycles. The van der Waals surface area contributed by atoms with Gasteiger partial charge in [-0.25, -0.2) is 0 Å². The van der Waals surface area contributed by atoms with Crippen molar-refractivity contribution < 1.29 is 0 Å². The molecule has 1 heterocycles. The first-order valence-electron chi connectivity index (χ1n) is 6.47. The van der Waals surface area contributed by atoms with Crippen LogP contribution in [0.3, 0.4) is 0 Å². The Balaban J connectivity index is 1.87. The third-order valence-electron chi connectivity index (χ3n) is 3.97. The molecular formula is C15H16BrClN2. The van der Waals surface area contributed by atoms with Crippen LogP contribution >= 0.6 is 27.5 Å². The molecule has 0 saturated heterocycles. The van der Waals surface area contributed by atoms with Crippen molar-refractivity contribution in [2.75, 3.05) is 0 Å². The predicted octanol–water partition coefficient (Wildman–Crippen LogP) is 4.19. The molecule has 1 aromatic heterocycles. The van der Waals surface area contributed by atoms with Crippen LogP contribution in [0.5, 0.6) is 0 Å². The lowest BCUT2D eigenvalue weighted by molar-refractivity contribution is 0.517. The molecule has 0 spiro atoms. The lowest BCUT2D eigenvalue weighted by atomic mass is 9.99. The van der Waals surface area contributed by atoms with E-state index in [9.17, 15) is 0 Å². The van der Waals surface area contributed by atoms with Crippen LogP contribution in [0.2, 0.25) is 0 Å². The van der Waals surface area contributed by atoms with Crippen molar-refractivity contribution >= 4 is 27.5 Å². The second-order valence-electron chi connectivity index (χ2n) is 5.24. The van der Waals surface area contributed by atoms with Crippen molar-refractivity contribution in [2.24, 2.45) is 13.0 Å². The Kier molecular flexibility index (Phi) is 3.44. The Labute approximate surface area is 126 Å². The van der Waals surface area contributed by atoms with Crippen molar-refractivity contribution in [3.05, 3.63) is 51.3 Å². The predicted molar refractivity (Wildman–Crippen MR) is 81.6 cm³/mol. The van der Waals surface area contributed by atoms with E-state index in [-0.39, 0.29) is 5.38 Å². The molecule has 3 rings (SSSR count). The molecule has 0 amide bonds. The monoisotopic (exact) mass is 338 g/mol. The van der Waals surface area contributed by atoms with Crippen LogP contribution < -0.4 is 0 Å². The molecule has 0 radical (unpaired) electrons. The largest absolute Gasteiger partial charge is 0.271 e. The molecule has 2 unspecified atom stereocenters. The number of benzene rings is 1. The minimum absolute atomic E-state index is 0.110. The zero-order valence-electron chi connectivity index (χ0n) is 11.0. The van der Waals surface area contributed by atoms with Gasteiger partial charge in [-0.3, -0.25) is 4.68 Å². The van der Waals surface area contributed by atoms with E-state index in [1.54, 1.807) is 0 Å². The molecular weight excluding hydrogens is 324 g/mol. The van der Waals surface area contributed by atoms with Gasteiger partial charge in [0, 0.05) is 7.05 Å². The van der Waals surface area contributed by atoms with Crippen LogP contribution in [0.25, 0.3) is 0 Å². The van der Waals surface area contributed by atoms with Crippen LogP contribution in [0.15, 0.2) is 28.7 Å². The van der Waals surface area contributed by atoms with Crippen LogP contribution in [-0.2, 0) is 19.9 Å². The van der Waals surface area contributed by atoms with Gasteiger partial charge in [0.15, 0.2) is 0 Å². The Morgan fingerprint density at radius 1 is 1.42 bits per heavy atom. The molecule has 19 heavy (non-hydrogen) atoms. The Bertz CT molecular complexity index is 621. The first kappa shape index (κ1) is 13.2. The van der Waals surface area contributed by atoms with Crippen LogP contribution in [0, 0.1) is 12.8 Å². The van der Waals surface area contributed by atoms with E-state index in [0.29, 0.717) is 5.92 Å². The van der Waals surface area contributed by atoms with Crippen LogP contribution in [0.1, 0.15) is 27.9 Å². The van der Waals surface area contributed by atoms with E-state index in [4.69, 9.17) is 11.6 Å². The number of hydrogen-bond donors (Lipinski definition) is 0. The van der Waals surface area contributed by atoms with Crippen molar-refractivity contribution in [3.63, 3.8) is 0 Å². The van der Waals surface area contributed by atoms with Crippen molar-refractivity contribution in [3.8, 4) is 0 Å². The second-order valence-corrected chi connectivity index (χ2v) is 6.50. The quantitative estimate of drug-likeness (QED) is 0.750. The lowest BCUT2D eigenvalue weighted by Gasteiger charge is -2.14. The van der Waals surface area contributed by atoms with E-state index in [0.717, 1.165) is 23.0 Å². The number of nitrogens with zero attached hydrogens (tertiary/aromatic N) is 2. The fourth-order valence-electron chi connectivity index (χ4n) is 2.95. The minimum atomic E-state index is 0.110. The molecule has 1 aliphatic rings. The standard InChI is InChI=1S/C15H16BrClN2/c1-9-14(16)13(19(2)18-9)8-11-7-10-5-3-4-6-12(10)15(11)17/h3-6,11,15H,7-8H2,1-2H3. The van der Waals surface area contributed by atoms with Gasteiger partial charge in [-0.2, -0.15) is 5.10 Å². The maximum absolute atomic E-state index is 6.63. The minimum Gasteiger partial charge on any atom is -0.271 e. The highest BCUT2D eigenvalue weighted by Crippen LogP contribution is 2.42. The van der Waals surface area contributed by atoms with E-state index in [2.05, 4.69) is 45.3 Å². The molecule has 0 aliphatic heterocycles. The zero-order valence-corrected chi connectivity index (χ0v) is 13.4. The SMILES string of the molecule is Cc1nn(C)c(CC2Cc3ccccc3C2Cl)c1Br. The van der Waals surface area contributed by atoms with E-state index < -0.39 is 0 Å². The van der Waals surface area contributed by atoms with E-state index >= 15 is 0 Å². The highest BCUT2D eigenvalue weighted by Gasteiger charge is 2.32. The molecule has 100 valence electrons. The zero-order chi connectivity index (χ0) is 13.6.